The summed E-state index contributed by atoms with van der Waals surface area (Å²) in [4.78, 5) is 18.7. The number of nitrogens with zero attached hydrogens (tertiary/aromatic N) is 1. The molecule has 88 valence electrons. The van der Waals surface area contributed by atoms with Crippen LogP contribution in [-0.2, 0) is 5.75 Å². The molecule has 0 spiro atoms. The van der Waals surface area contributed by atoms with Crippen molar-refractivity contribution >= 4 is 17.4 Å². The number of nitrogens with two attached hydrogens (primary N) is 1. The second-order valence-electron chi connectivity index (χ2n) is 3.36. The Kier molecular flexibility index (Phi) is 3.43. The lowest BCUT2D eigenvalue weighted by molar-refractivity contribution is 0.626. The van der Waals surface area contributed by atoms with Gasteiger partial charge in [0, 0.05) is 4.90 Å². The van der Waals surface area contributed by atoms with Gasteiger partial charge in [-0.25, -0.2) is 9.37 Å². The molecule has 0 bridgehead atoms. The van der Waals surface area contributed by atoms with Crippen molar-refractivity contribution in [3.8, 4) is 0 Å². The molecule has 4 nitrogen and oxygen atoms in total. The van der Waals surface area contributed by atoms with Gasteiger partial charge in [0.05, 0.1) is 11.9 Å². The van der Waals surface area contributed by atoms with Gasteiger partial charge in [0.2, 0.25) is 0 Å². The van der Waals surface area contributed by atoms with E-state index in [4.69, 9.17) is 5.73 Å². The molecule has 1 aromatic heterocycles. The number of nitrogen functional groups attached to an aromatic ring is 1. The number of halogens is 1. The molecular weight excluding hydrogens is 241 g/mol. The third-order valence-electron chi connectivity index (χ3n) is 2.07. The normalized spacial score (nSPS) is 10.4. The summed E-state index contributed by atoms with van der Waals surface area (Å²) in [5, 5.41) is 0. The van der Waals surface area contributed by atoms with Crippen LogP contribution in [0, 0.1) is 5.82 Å². The van der Waals surface area contributed by atoms with Crippen LogP contribution in [0.15, 0.2) is 40.2 Å². The van der Waals surface area contributed by atoms with Crippen LogP contribution in [0.4, 0.5) is 10.1 Å². The van der Waals surface area contributed by atoms with Crippen molar-refractivity contribution in [2.45, 2.75) is 10.6 Å². The van der Waals surface area contributed by atoms with Gasteiger partial charge < -0.3 is 10.7 Å². The zero-order chi connectivity index (χ0) is 12.3. The number of hydrogen-bond donors (Lipinski definition) is 2. The van der Waals surface area contributed by atoms with Gasteiger partial charge in [-0.15, -0.1) is 11.8 Å². The maximum atomic E-state index is 12.7. The van der Waals surface area contributed by atoms with Crippen molar-refractivity contribution in [1.29, 1.82) is 0 Å². The van der Waals surface area contributed by atoms with Crippen molar-refractivity contribution in [3.05, 3.63) is 52.5 Å². The highest BCUT2D eigenvalue weighted by Gasteiger charge is 2.01. The third kappa shape index (κ3) is 3.07. The minimum Gasteiger partial charge on any atom is -0.393 e. The predicted molar refractivity (Wildman–Crippen MR) is 65.2 cm³/mol. The van der Waals surface area contributed by atoms with Gasteiger partial charge in [0.1, 0.15) is 17.3 Å². The third-order valence-corrected chi connectivity index (χ3v) is 3.09. The van der Waals surface area contributed by atoms with Gasteiger partial charge in [0.15, 0.2) is 0 Å². The van der Waals surface area contributed by atoms with Gasteiger partial charge in [-0.05, 0) is 24.3 Å². The molecule has 0 saturated heterocycles. The molecule has 6 heteroatoms. The summed E-state index contributed by atoms with van der Waals surface area (Å²) in [7, 11) is 0. The first-order chi connectivity index (χ1) is 8.15. The summed E-state index contributed by atoms with van der Waals surface area (Å²) in [6, 6.07) is 6.13. The Labute approximate surface area is 101 Å². The van der Waals surface area contributed by atoms with Crippen LogP contribution < -0.4 is 11.3 Å². The Balaban J connectivity index is 2.04. The predicted octanol–water partition coefficient (Wildman–Crippen LogP) is 1.78. The van der Waals surface area contributed by atoms with Gasteiger partial charge >= 0.3 is 0 Å². The van der Waals surface area contributed by atoms with Crippen molar-refractivity contribution in [1.82, 2.24) is 9.97 Å². The fraction of sp³-hybridized carbons (Fsp3) is 0.0909. The molecule has 1 aromatic carbocycles. The topological polar surface area (TPSA) is 71.8 Å². The number of aromatic nitrogens is 2. The van der Waals surface area contributed by atoms with Gasteiger partial charge in [-0.3, -0.25) is 4.79 Å². The Morgan fingerprint density at radius 1 is 1.35 bits per heavy atom. The summed E-state index contributed by atoms with van der Waals surface area (Å²) in [6.45, 7) is 0. The van der Waals surface area contributed by atoms with E-state index in [1.54, 1.807) is 12.1 Å². The lowest BCUT2D eigenvalue weighted by atomic mass is 10.4. The summed E-state index contributed by atoms with van der Waals surface area (Å²) in [5.74, 6) is 0.771. The highest BCUT2D eigenvalue weighted by atomic mass is 32.2. The van der Waals surface area contributed by atoms with E-state index < -0.39 is 0 Å². The van der Waals surface area contributed by atoms with E-state index in [1.807, 2.05) is 0 Å². The number of nitrogens with one attached hydrogen (secondary N) is 1. The second-order valence-corrected chi connectivity index (χ2v) is 4.41. The highest BCUT2D eigenvalue weighted by molar-refractivity contribution is 7.98. The van der Waals surface area contributed by atoms with Crippen molar-refractivity contribution in [2.24, 2.45) is 0 Å². The molecule has 2 aromatic rings. The molecule has 0 radical (unpaired) electrons. The number of thioether (sulfide) groups is 1. The molecule has 0 saturated carbocycles. The molecule has 0 atom stereocenters. The Morgan fingerprint density at radius 3 is 2.71 bits per heavy atom. The first-order valence-electron chi connectivity index (χ1n) is 4.87. The lowest BCUT2D eigenvalue weighted by Crippen LogP contribution is -2.14. The Morgan fingerprint density at radius 2 is 2.06 bits per heavy atom. The van der Waals surface area contributed by atoms with Crippen molar-refractivity contribution < 1.29 is 4.39 Å². The monoisotopic (exact) mass is 251 g/mol. The summed E-state index contributed by atoms with van der Waals surface area (Å²) < 4.78 is 12.7. The van der Waals surface area contributed by atoms with Gasteiger partial charge in [-0.2, -0.15) is 0 Å². The fourth-order valence-corrected chi connectivity index (χ4v) is 1.98. The van der Waals surface area contributed by atoms with Crippen LogP contribution in [-0.4, -0.2) is 9.97 Å². The summed E-state index contributed by atoms with van der Waals surface area (Å²) in [6.07, 6.45) is 1.33. The molecule has 2 rings (SSSR count). The SMILES string of the molecule is Nc1cnc(CSc2ccc(F)cc2)[nH]c1=O. The molecule has 1 heterocycles. The molecule has 17 heavy (non-hydrogen) atoms. The van der Waals surface area contributed by atoms with E-state index in [0.717, 1.165) is 4.90 Å². The average molecular weight is 251 g/mol. The number of anilines is 1. The van der Waals surface area contributed by atoms with Crippen LogP contribution in [0.3, 0.4) is 0 Å². The number of aromatic amines is 1. The molecule has 0 fully saturated rings. The summed E-state index contributed by atoms with van der Waals surface area (Å²) in [5.41, 5.74) is 5.12. The van der Waals surface area contributed by atoms with E-state index in [-0.39, 0.29) is 17.1 Å². The summed E-state index contributed by atoms with van der Waals surface area (Å²) >= 11 is 1.46. The first kappa shape index (κ1) is 11.7. The minimum atomic E-state index is -0.338. The Bertz CT molecular complexity index is 568. The van der Waals surface area contributed by atoms with E-state index in [9.17, 15) is 9.18 Å². The van der Waals surface area contributed by atoms with E-state index in [0.29, 0.717) is 11.6 Å². The number of benzene rings is 1. The largest absolute Gasteiger partial charge is 0.393 e. The van der Waals surface area contributed by atoms with E-state index in [2.05, 4.69) is 9.97 Å². The average Bonchev–Trinajstić information content (AvgIpc) is 2.33. The smallest absolute Gasteiger partial charge is 0.274 e. The van der Waals surface area contributed by atoms with Crippen LogP contribution >= 0.6 is 11.8 Å². The van der Waals surface area contributed by atoms with Crippen molar-refractivity contribution in [2.75, 3.05) is 5.73 Å². The minimum absolute atomic E-state index is 0.0977. The van der Waals surface area contributed by atoms with Crippen LogP contribution in [0.5, 0.6) is 0 Å². The lowest BCUT2D eigenvalue weighted by Gasteiger charge is -2.01. The second kappa shape index (κ2) is 5.01. The van der Waals surface area contributed by atoms with Crippen LogP contribution in [0.1, 0.15) is 5.82 Å². The number of rotatable bonds is 3. The molecule has 0 aliphatic heterocycles. The molecule has 0 aliphatic rings. The van der Waals surface area contributed by atoms with Crippen LogP contribution in [0.25, 0.3) is 0 Å². The van der Waals surface area contributed by atoms with E-state index in [1.165, 1.54) is 30.1 Å². The fourth-order valence-electron chi connectivity index (χ4n) is 1.20. The molecule has 3 N–H and O–H groups in total. The maximum Gasteiger partial charge on any atom is 0.274 e. The van der Waals surface area contributed by atoms with E-state index >= 15 is 0 Å². The maximum absolute atomic E-state index is 12.7. The van der Waals surface area contributed by atoms with Crippen LogP contribution in [0.2, 0.25) is 0 Å². The molecule has 0 unspecified atom stereocenters. The molecule has 0 aliphatic carbocycles. The van der Waals surface area contributed by atoms with Gasteiger partial charge in [-0.1, -0.05) is 0 Å². The Hall–Kier alpha value is -1.82. The number of H-pyrrole nitrogens is 1. The van der Waals surface area contributed by atoms with Crippen molar-refractivity contribution in [3.63, 3.8) is 0 Å². The molecular formula is C11H10FN3OS. The zero-order valence-electron chi connectivity index (χ0n) is 8.81. The van der Waals surface area contributed by atoms with Gasteiger partial charge in [0.25, 0.3) is 5.56 Å². The quantitative estimate of drug-likeness (QED) is 0.816. The number of hydrogen-bond acceptors (Lipinski definition) is 4. The standard InChI is InChI=1S/C11H10FN3OS/c12-7-1-3-8(4-2-7)17-6-10-14-5-9(13)11(16)15-10/h1-5H,6,13H2,(H,14,15,16). The zero-order valence-corrected chi connectivity index (χ0v) is 9.63. The molecule has 0 amide bonds. The first-order valence-corrected chi connectivity index (χ1v) is 5.86. The highest BCUT2D eigenvalue weighted by Crippen LogP contribution is 2.20.